The van der Waals surface area contributed by atoms with Crippen LogP contribution in [0.15, 0.2) is 36.4 Å². The van der Waals surface area contributed by atoms with Crippen molar-refractivity contribution in [2.75, 3.05) is 31.3 Å². The second kappa shape index (κ2) is 11.6. The number of hydrogen-bond donors (Lipinski definition) is 1. The van der Waals surface area contributed by atoms with Gasteiger partial charge in [0.2, 0.25) is 12.7 Å². The molecule has 5 rings (SSSR count). The molecule has 2 aromatic rings. The number of halogens is 3. The monoisotopic (exact) mass is 606 g/mol. The number of carbonyl (C=O) groups is 3. The number of benzene rings is 2. The van der Waals surface area contributed by atoms with Crippen LogP contribution in [0.25, 0.3) is 0 Å². The molecule has 2 aromatic carbocycles. The normalized spacial score (nSPS) is 22.2. The van der Waals surface area contributed by atoms with Crippen LogP contribution in [0.2, 0.25) is 0 Å². The average Bonchev–Trinajstić information content (AvgIpc) is 3.38. The highest BCUT2D eigenvalue weighted by Crippen LogP contribution is 2.47. The molecule has 0 saturated carbocycles. The number of carbonyl (C=O) groups excluding carboxylic acids is 2. The SMILES string of the molecule is CC(C)(C)CN1C(=O)[C@H](CC(=O)N2CCCC(C(=O)O)C2)O[C@@H](c2cccc3c2OCO3)c2cc(OC(F)(F)F)ccc21. The zero-order valence-electron chi connectivity index (χ0n) is 24.0. The van der Waals surface area contributed by atoms with Crippen molar-refractivity contribution in [1.82, 2.24) is 4.90 Å². The number of alkyl halides is 3. The zero-order chi connectivity index (χ0) is 31.1. The zero-order valence-corrected chi connectivity index (χ0v) is 24.0. The fourth-order valence-corrected chi connectivity index (χ4v) is 5.64. The van der Waals surface area contributed by atoms with Crippen LogP contribution in [-0.4, -0.2) is 66.7 Å². The Labute approximate surface area is 246 Å². The lowest BCUT2D eigenvalue weighted by atomic mass is 9.94. The van der Waals surface area contributed by atoms with Gasteiger partial charge in [-0.15, -0.1) is 13.2 Å². The van der Waals surface area contributed by atoms with Gasteiger partial charge < -0.3 is 33.9 Å². The van der Waals surface area contributed by atoms with Crippen molar-refractivity contribution in [2.45, 2.75) is 58.6 Å². The van der Waals surface area contributed by atoms with E-state index in [4.69, 9.17) is 14.2 Å². The van der Waals surface area contributed by atoms with Gasteiger partial charge >= 0.3 is 12.3 Å². The lowest BCUT2D eigenvalue weighted by Gasteiger charge is -2.33. The first-order chi connectivity index (χ1) is 20.2. The molecule has 1 saturated heterocycles. The number of aliphatic carboxylic acids is 1. The van der Waals surface area contributed by atoms with E-state index < -0.39 is 59.9 Å². The molecule has 0 radical (unpaired) electrons. The number of amides is 2. The molecule has 43 heavy (non-hydrogen) atoms. The molecule has 3 atom stereocenters. The maximum Gasteiger partial charge on any atom is 0.573 e. The second-order valence-electron chi connectivity index (χ2n) is 12.1. The van der Waals surface area contributed by atoms with Gasteiger partial charge in [0.05, 0.1) is 18.0 Å². The average molecular weight is 607 g/mol. The largest absolute Gasteiger partial charge is 0.573 e. The number of piperidine rings is 1. The first-order valence-corrected chi connectivity index (χ1v) is 14.0. The lowest BCUT2D eigenvalue weighted by Crippen LogP contribution is -2.47. The molecule has 2 amide bonds. The van der Waals surface area contributed by atoms with Crippen molar-refractivity contribution in [3.05, 3.63) is 47.5 Å². The Balaban J connectivity index is 1.59. The quantitative estimate of drug-likeness (QED) is 0.494. The maximum absolute atomic E-state index is 14.2. The van der Waals surface area contributed by atoms with E-state index in [1.807, 2.05) is 20.8 Å². The Morgan fingerprint density at radius 1 is 1.09 bits per heavy atom. The van der Waals surface area contributed by atoms with Gasteiger partial charge in [0, 0.05) is 30.8 Å². The van der Waals surface area contributed by atoms with Crippen LogP contribution in [0.4, 0.5) is 18.9 Å². The van der Waals surface area contributed by atoms with Crippen molar-refractivity contribution >= 4 is 23.5 Å². The minimum atomic E-state index is -4.96. The van der Waals surface area contributed by atoms with Crippen molar-refractivity contribution in [2.24, 2.45) is 11.3 Å². The van der Waals surface area contributed by atoms with E-state index in [9.17, 15) is 32.7 Å². The van der Waals surface area contributed by atoms with Crippen LogP contribution >= 0.6 is 0 Å². The molecule has 13 heteroatoms. The summed E-state index contributed by atoms with van der Waals surface area (Å²) in [7, 11) is 0. The van der Waals surface area contributed by atoms with Crippen LogP contribution in [0, 0.1) is 11.3 Å². The number of ether oxygens (including phenoxy) is 4. The molecule has 1 fully saturated rings. The molecule has 0 spiro atoms. The number of para-hydroxylation sites is 1. The Morgan fingerprint density at radius 3 is 2.56 bits per heavy atom. The van der Waals surface area contributed by atoms with Crippen LogP contribution in [0.1, 0.15) is 57.3 Å². The van der Waals surface area contributed by atoms with E-state index in [1.54, 1.807) is 18.2 Å². The number of carboxylic acids is 1. The molecule has 3 aliphatic heterocycles. The fraction of sp³-hybridized carbons (Fsp3) is 0.500. The van der Waals surface area contributed by atoms with Crippen molar-refractivity contribution in [1.29, 1.82) is 0 Å². The maximum atomic E-state index is 14.2. The van der Waals surface area contributed by atoms with Gasteiger partial charge in [-0.1, -0.05) is 32.9 Å². The van der Waals surface area contributed by atoms with Gasteiger partial charge in [-0.05, 0) is 42.5 Å². The molecule has 232 valence electrons. The topological polar surface area (TPSA) is 115 Å². The number of nitrogens with zero attached hydrogens (tertiary/aromatic N) is 2. The van der Waals surface area contributed by atoms with Gasteiger partial charge in [-0.25, -0.2) is 0 Å². The summed E-state index contributed by atoms with van der Waals surface area (Å²) < 4.78 is 61.5. The summed E-state index contributed by atoms with van der Waals surface area (Å²) in [5.41, 5.74) is 0.457. The number of fused-ring (bicyclic) bond motifs is 2. The molecular weight excluding hydrogens is 573 g/mol. The molecule has 0 aromatic heterocycles. The molecule has 0 aliphatic carbocycles. The summed E-state index contributed by atoms with van der Waals surface area (Å²) in [6.07, 6.45) is -6.90. The highest BCUT2D eigenvalue weighted by atomic mass is 19.4. The summed E-state index contributed by atoms with van der Waals surface area (Å²) in [6.45, 7) is 6.14. The van der Waals surface area contributed by atoms with Gasteiger partial charge in [0.15, 0.2) is 11.5 Å². The van der Waals surface area contributed by atoms with Gasteiger partial charge in [-0.3, -0.25) is 14.4 Å². The first kappa shape index (κ1) is 30.5. The minimum Gasteiger partial charge on any atom is -0.481 e. The number of anilines is 1. The van der Waals surface area contributed by atoms with Crippen molar-refractivity contribution in [3.8, 4) is 17.2 Å². The van der Waals surface area contributed by atoms with Gasteiger partial charge in [0.1, 0.15) is 18.0 Å². The highest BCUT2D eigenvalue weighted by molar-refractivity contribution is 6.00. The number of hydrogen-bond acceptors (Lipinski definition) is 7. The number of rotatable bonds is 6. The third-order valence-corrected chi connectivity index (χ3v) is 7.47. The van der Waals surface area contributed by atoms with E-state index in [-0.39, 0.29) is 25.4 Å². The van der Waals surface area contributed by atoms with Crippen LogP contribution in [-0.2, 0) is 19.1 Å². The van der Waals surface area contributed by atoms with E-state index in [1.165, 1.54) is 21.9 Å². The third kappa shape index (κ3) is 6.82. The number of carboxylic acid groups (broad SMARTS) is 1. The van der Waals surface area contributed by atoms with Crippen LogP contribution in [0.5, 0.6) is 17.2 Å². The van der Waals surface area contributed by atoms with Gasteiger partial charge in [-0.2, -0.15) is 0 Å². The molecule has 1 unspecified atom stereocenters. The summed E-state index contributed by atoms with van der Waals surface area (Å²) in [5.74, 6) is -2.51. The Morgan fingerprint density at radius 2 is 1.86 bits per heavy atom. The summed E-state index contributed by atoms with van der Waals surface area (Å²) in [4.78, 5) is 42.1. The smallest absolute Gasteiger partial charge is 0.481 e. The summed E-state index contributed by atoms with van der Waals surface area (Å²) in [6, 6.07) is 8.68. The summed E-state index contributed by atoms with van der Waals surface area (Å²) >= 11 is 0. The fourth-order valence-electron chi connectivity index (χ4n) is 5.64. The Kier molecular flexibility index (Phi) is 8.21. The Bertz CT molecular complexity index is 1410. The molecule has 0 bridgehead atoms. The van der Waals surface area contributed by atoms with Crippen molar-refractivity contribution in [3.63, 3.8) is 0 Å². The molecule has 3 aliphatic rings. The Hall–Kier alpha value is -4.00. The molecule has 10 nitrogen and oxygen atoms in total. The predicted octanol–water partition coefficient (Wildman–Crippen LogP) is 4.89. The van der Waals surface area contributed by atoms with E-state index >= 15 is 0 Å². The van der Waals surface area contributed by atoms with E-state index in [0.29, 0.717) is 42.1 Å². The summed E-state index contributed by atoms with van der Waals surface area (Å²) in [5, 5.41) is 9.49. The lowest BCUT2D eigenvalue weighted by molar-refractivity contribution is -0.274. The third-order valence-electron chi connectivity index (χ3n) is 7.47. The second-order valence-corrected chi connectivity index (χ2v) is 12.1. The van der Waals surface area contributed by atoms with Crippen LogP contribution in [0.3, 0.4) is 0 Å². The highest BCUT2D eigenvalue weighted by Gasteiger charge is 2.42. The van der Waals surface area contributed by atoms with Gasteiger partial charge in [0.25, 0.3) is 5.91 Å². The molecule has 3 heterocycles. The minimum absolute atomic E-state index is 0.0138. The van der Waals surface area contributed by atoms with E-state index in [2.05, 4.69) is 4.74 Å². The van der Waals surface area contributed by atoms with Crippen molar-refractivity contribution < 1.29 is 51.6 Å². The van der Waals surface area contributed by atoms with Crippen LogP contribution < -0.4 is 19.1 Å². The number of likely N-dealkylation sites (tertiary alicyclic amines) is 1. The standard InChI is InChI=1S/C30H33F3N2O8/c1-29(2,3)15-35-21-10-9-18(43-30(31,32)33)12-20(21)25(19-7-4-8-22-26(19)41-16-40-22)42-23(27(35)37)13-24(36)34-11-5-6-17(14-34)28(38)39/h4,7-10,12,17,23,25H,5-6,11,13-16H2,1-3H3,(H,38,39)/t17?,23-,25-/m0/s1. The van der Waals surface area contributed by atoms with E-state index in [0.717, 1.165) is 6.07 Å². The predicted molar refractivity (Wildman–Crippen MR) is 146 cm³/mol. The molecule has 1 N–H and O–H groups in total. The molecular formula is C30H33F3N2O8. The first-order valence-electron chi connectivity index (χ1n) is 14.0.